The molecule has 0 amide bonds. The van der Waals surface area contributed by atoms with Crippen LogP contribution < -0.4 is 5.73 Å². The molecule has 0 fully saturated rings. The van der Waals surface area contributed by atoms with E-state index in [9.17, 15) is 4.79 Å². The molecular weight excluding hydrogens is 367 g/mol. The minimum Gasteiger partial charge on any atom is -0.456 e. The Bertz CT molecular complexity index is 590. The number of aromatic nitrogens is 1. The van der Waals surface area contributed by atoms with Crippen molar-refractivity contribution in [2.24, 2.45) is 0 Å². The van der Waals surface area contributed by atoms with Gasteiger partial charge >= 0.3 is 5.97 Å². The number of esters is 1. The summed E-state index contributed by atoms with van der Waals surface area (Å²) in [6.07, 6.45) is 2.70. The quantitative estimate of drug-likeness (QED) is 0.635. The van der Waals surface area contributed by atoms with Gasteiger partial charge in [-0.25, -0.2) is 4.79 Å². The van der Waals surface area contributed by atoms with E-state index in [4.69, 9.17) is 10.5 Å². The van der Waals surface area contributed by atoms with Crippen molar-refractivity contribution in [2.45, 2.75) is 26.5 Å². The third-order valence-corrected chi connectivity index (χ3v) is 3.59. The number of anilines is 1. The van der Waals surface area contributed by atoms with E-state index in [1.54, 1.807) is 12.3 Å². The monoisotopic (exact) mass is 384 g/mol. The molecule has 20 heavy (non-hydrogen) atoms. The molecule has 2 N–H and O–H groups in total. The first-order chi connectivity index (χ1) is 9.60. The normalized spacial score (nSPS) is 10.5. The van der Waals surface area contributed by atoms with Crippen molar-refractivity contribution < 1.29 is 9.53 Å². The highest BCUT2D eigenvalue weighted by Crippen LogP contribution is 2.14. The van der Waals surface area contributed by atoms with Crippen LogP contribution in [0.2, 0.25) is 0 Å². The van der Waals surface area contributed by atoms with Gasteiger partial charge in [-0.1, -0.05) is 19.1 Å². The fourth-order valence-corrected chi connectivity index (χ4v) is 2.29. The van der Waals surface area contributed by atoms with Gasteiger partial charge in [-0.15, -0.1) is 0 Å². The third kappa shape index (κ3) is 3.75. The molecule has 2 aromatic rings. The zero-order chi connectivity index (χ0) is 14.5. The number of rotatable bonds is 5. The summed E-state index contributed by atoms with van der Waals surface area (Å²) < 4.78 is 8.33. The second-order valence-electron chi connectivity index (χ2n) is 4.55. The fraction of sp³-hybridized carbons (Fsp3) is 0.267. The lowest BCUT2D eigenvalue weighted by molar-refractivity contribution is 0.0460. The highest BCUT2D eigenvalue weighted by atomic mass is 127. The van der Waals surface area contributed by atoms with Crippen LogP contribution in [-0.2, 0) is 17.9 Å². The highest BCUT2D eigenvalue weighted by Gasteiger charge is 2.14. The molecule has 1 heterocycles. The number of hydrogen-bond acceptors (Lipinski definition) is 3. The van der Waals surface area contributed by atoms with Crippen molar-refractivity contribution >= 4 is 34.2 Å². The molecule has 0 atom stereocenters. The molecule has 0 saturated heterocycles. The summed E-state index contributed by atoms with van der Waals surface area (Å²) in [6.45, 7) is 3.08. The van der Waals surface area contributed by atoms with Crippen LogP contribution in [0.25, 0.3) is 0 Å². The molecule has 0 spiro atoms. The lowest BCUT2D eigenvalue weighted by atomic mass is 10.2. The number of nitrogens with zero attached hydrogens (tertiary/aromatic N) is 1. The number of halogens is 1. The largest absolute Gasteiger partial charge is 0.456 e. The molecule has 0 saturated carbocycles. The maximum Gasteiger partial charge on any atom is 0.355 e. The number of carbonyl (C=O) groups is 1. The fourth-order valence-electron chi connectivity index (χ4n) is 1.93. The average molecular weight is 384 g/mol. The van der Waals surface area contributed by atoms with Crippen molar-refractivity contribution in [3.8, 4) is 0 Å². The summed E-state index contributed by atoms with van der Waals surface area (Å²) in [5.41, 5.74) is 7.81. The first-order valence-corrected chi connectivity index (χ1v) is 7.55. The molecule has 0 unspecified atom stereocenters. The van der Waals surface area contributed by atoms with E-state index < -0.39 is 0 Å². The Kier molecular flexibility index (Phi) is 5.05. The summed E-state index contributed by atoms with van der Waals surface area (Å²) in [5, 5.41) is 0. The third-order valence-electron chi connectivity index (χ3n) is 2.87. The number of hydrogen-bond donors (Lipinski definition) is 1. The van der Waals surface area contributed by atoms with E-state index in [1.807, 2.05) is 28.8 Å². The maximum absolute atomic E-state index is 12.1. The van der Waals surface area contributed by atoms with Gasteiger partial charge in [0.05, 0.1) is 5.69 Å². The highest BCUT2D eigenvalue weighted by molar-refractivity contribution is 14.1. The van der Waals surface area contributed by atoms with Gasteiger partial charge in [-0.3, -0.25) is 0 Å². The van der Waals surface area contributed by atoms with E-state index in [1.165, 1.54) is 0 Å². The molecule has 0 bridgehead atoms. The number of aryl methyl sites for hydroxylation is 1. The zero-order valence-corrected chi connectivity index (χ0v) is 13.5. The molecule has 2 rings (SSSR count). The Hall–Kier alpha value is -1.50. The lowest BCUT2D eigenvalue weighted by Crippen LogP contribution is -2.11. The van der Waals surface area contributed by atoms with Gasteiger partial charge in [0, 0.05) is 16.3 Å². The Morgan fingerprint density at radius 1 is 1.35 bits per heavy atom. The minimum atomic E-state index is -0.339. The second-order valence-corrected chi connectivity index (χ2v) is 5.80. The number of nitrogens with two attached hydrogens (primary N) is 1. The van der Waals surface area contributed by atoms with Gasteiger partial charge in [-0.2, -0.15) is 0 Å². The van der Waals surface area contributed by atoms with Crippen LogP contribution in [0.3, 0.4) is 0 Å². The molecular formula is C15H17IN2O2. The number of ether oxygens (including phenoxy) is 1. The number of benzene rings is 1. The van der Waals surface area contributed by atoms with Crippen LogP contribution >= 0.6 is 22.6 Å². The maximum atomic E-state index is 12.1. The van der Waals surface area contributed by atoms with E-state index in [-0.39, 0.29) is 12.6 Å². The van der Waals surface area contributed by atoms with Crippen LogP contribution in [0.5, 0.6) is 0 Å². The van der Waals surface area contributed by atoms with Gasteiger partial charge in [0.25, 0.3) is 0 Å². The topological polar surface area (TPSA) is 57.2 Å². The molecule has 106 valence electrons. The predicted molar refractivity (Wildman–Crippen MR) is 87.4 cm³/mol. The van der Waals surface area contributed by atoms with Crippen molar-refractivity contribution in [1.82, 2.24) is 4.57 Å². The SMILES string of the molecule is CCCn1cc(N)cc1C(=O)OCc1ccc(I)cc1. The second kappa shape index (κ2) is 6.78. The minimum absolute atomic E-state index is 0.271. The van der Waals surface area contributed by atoms with Gasteiger partial charge in [0.15, 0.2) is 0 Å². The van der Waals surface area contributed by atoms with Crippen LogP contribution in [0.15, 0.2) is 36.5 Å². The Morgan fingerprint density at radius 2 is 2.05 bits per heavy atom. The van der Waals surface area contributed by atoms with Crippen molar-refractivity contribution in [3.05, 3.63) is 51.4 Å². The molecule has 0 radical (unpaired) electrons. The zero-order valence-electron chi connectivity index (χ0n) is 11.3. The average Bonchev–Trinajstić information content (AvgIpc) is 2.79. The molecule has 0 aliphatic carbocycles. The van der Waals surface area contributed by atoms with E-state index in [0.29, 0.717) is 11.4 Å². The van der Waals surface area contributed by atoms with Gasteiger partial charge in [0.1, 0.15) is 12.3 Å². The van der Waals surface area contributed by atoms with Crippen LogP contribution in [0.1, 0.15) is 29.4 Å². The smallest absolute Gasteiger partial charge is 0.355 e. The Balaban J connectivity index is 2.03. The number of nitrogen functional groups attached to an aromatic ring is 1. The summed E-state index contributed by atoms with van der Waals surface area (Å²) in [7, 11) is 0. The molecule has 1 aromatic heterocycles. The molecule has 4 nitrogen and oxygen atoms in total. The summed E-state index contributed by atoms with van der Waals surface area (Å²) in [6, 6.07) is 9.54. The summed E-state index contributed by atoms with van der Waals surface area (Å²) >= 11 is 2.24. The van der Waals surface area contributed by atoms with Crippen LogP contribution in [-0.4, -0.2) is 10.5 Å². The standard InChI is InChI=1S/C15H17IN2O2/c1-2-7-18-9-13(17)8-14(18)15(19)20-10-11-3-5-12(16)6-4-11/h3-6,8-9H,2,7,10,17H2,1H3. The van der Waals surface area contributed by atoms with Gasteiger partial charge in [0.2, 0.25) is 0 Å². The predicted octanol–water partition coefficient (Wildman–Crippen LogP) is 3.44. The van der Waals surface area contributed by atoms with E-state index in [2.05, 4.69) is 29.5 Å². The summed E-state index contributed by atoms with van der Waals surface area (Å²) in [5.74, 6) is -0.339. The number of carbonyl (C=O) groups excluding carboxylic acids is 1. The summed E-state index contributed by atoms with van der Waals surface area (Å²) in [4.78, 5) is 12.1. The lowest BCUT2D eigenvalue weighted by Gasteiger charge is -2.08. The Labute approximate surface area is 132 Å². The first-order valence-electron chi connectivity index (χ1n) is 6.47. The molecule has 1 aromatic carbocycles. The first kappa shape index (κ1) is 14.9. The molecule has 0 aliphatic rings. The van der Waals surface area contributed by atoms with E-state index >= 15 is 0 Å². The van der Waals surface area contributed by atoms with Crippen molar-refractivity contribution in [1.29, 1.82) is 0 Å². The molecule has 5 heteroatoms. The van der Waals surface area contributed by atoms with Crippen LogP contribution in [0.4, 0.5) is 5.69 Å². The van der Waals surface area contributed by atoms with E-state index in [0.717, 1.165) is 22.1 Å². The van der Waals surface area contributed by atoms with Crippen molar-refractivity contribution in [2.75, 3.05) is 5.73 Å². The molecule has 0 aliphatic heterocycles. The van der Waals surface area contributed by atoms with Crippen LogP contribution in [0, 0.1) is 3.57 Å². The Morgan fingerprint density at radius 3 is 2.70 bits per heavy atom. The van der Waals surface area contributed by atoms with Gasteiger partial charge < -0.3 is 15.0 Å². The van der Waals surface area contributed by atoms with Crippen molar-refractivity contribution in [3.63, 3.8) is 0 Å². The van der Waals surface area contributed by atoms with Gasteiger partial charge in [-0.05, 0) is 52.8 Å².